The maximum atomic E-state index is 11.5. The largest absolute Gasteiger partial charge is 0.508 e. The van der Waals surface area contributed by atoms with Gasteiger partial charge in [0.25, 0.3) is 5.69 Å². The molecule has 0 saturated carbocycles. The predicted molar refractivity (Wildman–Crippen MR) is 143 cm³/mol. The van der Waals surface area contributed by atoms with Crippen LogP contribution in [0.5, 0.6) is 11.5 Å². The fourth-order valence-corrected chi connectivity index (χ4v) is 3.56. The van der Waals surface area contributed by atoms with Gasteiger partial charge in [-0.3, -0.25) is 10.1 Å². The lowest BCUT2D eigenvalue weighted by Crippen LogP contribution is -2.10. The van der Waals surface area contributed by atoms with Crippen LogP contribution in [0.15, 0.2) is 78.9 Å². The second-order valence-electron chi connectivity index (χ2n) is 9.54. The SMILES string of the molecule is CC(C)(C)c1ccc(COc2ccc([N+](=O)[O-])c(/C=C/CCC/C=C/c3ccc(O)cc3)c2)cc1. The van der Waals surface area contributed by atoms with Gasteiger partial charge in [-0.2, -0.15) is 0 Å². The van der Waals surface area contributed by atoms with Gasteiger partial charge in [-0.15, -0.1) is 0 Å². The monoisotopic (exact) mass is 471 g/mol. The highest BCUT2D eigenvalue weighted by Crippen LogP contribution is 2.27. The summed E-state index contributed by atoms with van der Waals surface area (Å²) in [6.45, 7) is 6.94. The Hall–Kier alpha value is -3.86. The van der Waals surface area contributed by atoms with Crippen molar-refractivity contribution in [1.82, 2.24) is 0 Å². The van der Waals surface area contributed by atoms with Gasteiger partial charge in [0.1, 0.15) is 18.1 Å². The van der Waals surface area contributed by atoms with Gasteiger partial charge < -0.3 is 9.84 Å². The van der Waals surface area contributed by atoms with E-state index in [0.29, 0.717) is 17.9 Å². The van der Waals surface area contributed by atoms with E-state index in [9.17, 15) is 15.2 Å². The van der Waals surface area contributed by atoms with E-state index in [1.54, 1.807) is 30.3 Å². The molecule has 3 rings (SSSR count). The zero-order chi connectivity index (χ0) is 25.3. The second-order valence-corrected chi connectivity index (χ2v) is 9.54. The van der Waals surface area contributed by atoms with E-state index in [2.05, 4.69) is 51.1 Å². The van der Waals surface area contributed by atoms with Crippen molar-refractivity contribution in [2.75, 3.05) is 0 Å². The molecule has 0 aliphatic rings. The van der Waals surface area contributed by atoms with Crippen LogP contribution in [0.4, 0.5) is 5.69 Å². The van der Waals surface area contributed by atoms with Crippen molar-refractivity contribution >= 4 is 17.8 Å². The highest BCUT2D eigenvalue weighted by molar-refractivity contribution is 5.63. The first kappa shape index (κ1) is 25.8. The summed E-state index contributed by atoms with van der Waals surface area (Å²) in [7, 11) is 0. The van der Waals surface area contributed by atoms with E-state index in [-0.39, 0.29) is 21.8 Å². The minimum Gasteiger partial charge on any atom is -0.508 e. The molecule has 0 aliphatic carbocycles. The van der Waals surface area contributed by atoms with E-state index in [0.717, 1.165) is 30.4 Å². The maximum absolute atomic E-state index is 11.5. The van der Waals surface area contributed by atoms with E-state index in [1.807, 2.05) is 24.3 Å². The van der Waals surface area contributed by atoms with E-state index in [4.69, 9.17) is 4.74 Å². The summed E-state index contributed by atoms with van der Waals surface area (Å²) in [6.07, 6.45) is 10.5. The first-order chi connectivity index (χ1) is 16.7. The third-order valence-corrected chi connectivity index (χ3v) is 5.66. The van der Waals surface area contributed by atoms with Gasteiger partial charge >= 0.3 is 0 Å². The molecule has 35 heavy (non-hydrogen) atoms. The molecule has 0 spiro atoms. The number of allylic oxidation sites excluding steroid dienone is 2. The summed E-state index contributed by atoms with van der Waals surface area (Å²) in [5, 5.41) is 20.8. The number of rotatable bonds is 10. The summed E-state index contributed by atoms with van der Waals surface area (Å²) >= 11 is 0. The summed E-state index contributed by atoms with van der Waals surface area (Å²) in [5.41, 5.74) is 4.05. The molecule has 0 amide bonds. The van der Waals surface area contributed by atoms with Crippen LogP contribution in [-0.4, -0.2) is 10.0 Å². The lowest BCUT2D eigenvalue weighted by molar-refractivity contribution is -0.385. The van der Waals surface area contributed by atoms with Crippen molar-refractivity contribution in [2.45, 2.75) is 52.1 Å². The zero-order valence-corrected chi connectivity index (χ0v) is 20.6. The molecule has 0 radical (unpaired) electrons. The standard InChI is InChI=1S/C30H33NO4/c1-30(2,3)26-15-11-24(12-16-26)22-35-28-19-20-29(31(33)34)25(21-28)10-8-6-4-5-7-9-23-13-17-27(32)18-14-23/h7-21,32H,4-6,22H2,1-3H3/b9-7+,10-8+. The van der Waals surface area contributed by atoms with Crippen LogP contribution in [0.25, 0.3) is 12.2 Å². The molecule has 0 fully saturated rings. The minimum atomic E-state index is -0.366. The van der Waals surface area contributed by atoms with Crippen molar-refractivity contribution in [3.05, 3.63) is 111 Å². The van der Waals surface area contributed by atoms with Gasteiger partial charge in [0.15, 0.2) is 0 Å². The first-order valence-corrected chi connectivity index (χ1v) is 11.8. The quantitative estimate of drug-likeness (QED) is 0.184. The molecule has 0 unspecified atom stereocenters. The lowest BCUT2D eigenvalue weighted by atomic mass is 9.87. The van der Waals surface area contributed by atoms with Gasteiger partial charge in [-0.05, 0) is 65.6 Å². The number of benzene rings is 3. The first-order valence-electron chi connectivity index (χ1n) is 11.8. The fraction of sp³-hybridized carbons (Fsp3) is 0.267. The third kappa shape index (κ3) is 8.14. The Morgan fingerprint density at radius 3 is 2.20 bits per heavy atom. The highest BCUT2D eigenvalue weighted by atomic mass is 16.6. The molecule has 3 aromatic carbocycles. The Morgan fingerprint density at radius 2 is 1.57 bits per heavy atom. The Morgan fingerprint density at radius 1 is 0.914 bits per heavy atom. The Bertz CT molecular complexity index is 1170. The molecule has 5 nitrogen and oxygen atoms in total. The normalized spacial score (nSPS) is 11.9. The van der Waals surface area contributed by atoms with Crippen LogP contribution >= 0.6 is 0 Å². The van der Waals surface area contributed by atoms with Crippen LogP contribution in [0.2, 0.25) is 0 Å². The van der Waals surface area contributed by atoms with Gasteiger partial charge in [0.2, 0.25) is 0 Å². The molecular formula is C30H33NO4. The van der Waals surface area contributed by atoms with Crippen molar-refractivity contribution in [3.63, 3.8) is 0 Å². The highest BCUT2D eigenvalue weighted by Gasteiger charge is 2.14. The Labute approximate surface area is 207 Å². The van der Waals surface area contributed by atoms with Crippen molar-refractivity contribution in [1.29, 1.82) is 0 Å². The Balaban J connectivity index is 1.55. The summed E-state index contributed by atoms with van der Waals surface area (Å²) in [5.74, 6) is 0.859. The number of nitro groups is 1. The number of nitrogens with zero attached hydrogens (tertiary/aromatic N) is 1. The molecule has 0 aliphatic heterocycles. The molecule has 0 atom stereocenters. The average Bonchev–Trinajstić information content (AvgIpc) is 2.83. The molecular weight excluding hydrogens is 438 g/mol. The van der Waals surface area contributed by atoms with Crippen LogP contribution < -0.4 is 4.74 Å². The molecule has 5 heteroatoms. The molecule has 0 aromatic heterocycles. The average molecular weight is 472 g/mol. The lowest BCUT2D eigenvalue weighted by Gasteiger charge is -2.19. The van der Waals surface area contributed by atoms with Crippen LogP contribution in [-0.2, 0) is 12.0 Å². The van der Waals surface area contributed by atoms with Gasteiger partial charge in [0, 0.05) is 6.07 Å². The number of ether oxygens (including phenoxy) is 1. The molecule has 0 bridgehead atoms. The predicted octanol–water partition coefficient (Wildman–Crippen LogP) is 8.07. The number of aromatic hydroxyl groups is 1. The fourth-order valence-electron chi connectivity index (χ4n) is 3.56. The van der Waals surface area contributed by atoms with E-state index < -0.39 is 0 Å². The molecule has 3 aromatic rings. The summed E-state index contributed by atoms with van der Waals surface area (Å²) in [6, 6.07) is 20.3. The van der Waals surface area contributed by atoms with Gasteiger partial charge in [0.05, 0.1) is 10.5 Å². The Kier molecular flexibility index (Phi) is 8.85. The zero-order valence-electron chi connectivity index (χ0n) is 20.6. The van der Waals surface area contributed by atoms with Crippen molar-refractivity contribution in [2.24, 2.45) is 0 Å². The summed E-state index contributed by atoms with van der Waals surface area (Å²) < 4.78 is 5.92. The smallest absolute Gasteiger partial charge is 0.276 e. The topological polar surface area (TPSA) is 72.6 Å². The van der Waals surface area contributed by atoms with Crippen molar-refractivity contribution in [3.8, 4) is 11.5 Å². The van der Waals surface area contributed by atoms with Gasteiger partial charge in [-0.1, -0.05) is 81.5 Å². The van der Waals surface area contributed by atoms with Crippen LogP contribution in [0, 0.1) is 10.1 Å². The molecule has 1 N–H and O–H groups in total. The van der Waals surface area contributed by atoms with Crippen LogP contribution in [0.1, 0.15) is 62.3 Å². The number of nitro benzene ring substituents is 1. The van der Waals surface area contributed by atoms with Crippen molar-refractivity contribution < 1.29 is 14.8 Å². The number of unbranched alkanes of at least 4 members (excludes halogenated alkanes) is 2. The van der Waals surface area contributed by atoms with Gasteiger partial charge in [-0.25, -0.2) is 0 Å². The van der Waals surface area contributed by atoms with E-state index in [1.165, 1.54) is 11.6 Å². The minimum absolute atomic E-state index is 0.0651. The third-order valence-electron chi connectivity index (χ3n) is 5.66. The molecule has 0 saturated heterocycles. The number of phenolic OH excluding ortho intramolecular Hbond substituents is 1. The second kappa shape index (κ2) is 12.0. The molecule has 182 valence electrons. The summed E-state index contributed by atoms with van der Waals surface area (Å²) in [4.78, 5) is 11.1. The maximum Gasteiger partial charge on any atom is 0.276 e. The number of hydrogen-bond donors (Lipinski definition) is 1. The molecule has 0 heterocycles. The van der Waals surface area contributed by atoms with Crippen LogP contribution in [0.3, 0.4) is 0 Å². The number of hydrogen-bond acceptors (Lipinski definition) is 4. The number of phenols is 1. The van der Waals surface area contributed by atoms with E-state index >= 15 is 0 Å².